The minimum absolute atomic E-state index is 0.0177. The van der Waals surface area contributed by atoms with Crippen LogP contribution in [0.2, 0.25) is 0 Å². The Morgan fingerprint density at radius 3 is 1.56 bits per heavy atom. The molecule has 2 N–H and O–H groups in total. The number of phosphoric ester groups is 1. The van der Waals surface area contributed by atoms with Crippen molar-refractivity contribution in [2.75, 3.05) is 47.5 Å². The van der Waals surface area contributed by atoms with Gasteiger partial charge in [0.05, 0.1) is 33.9 Å². The lowest BCUT2D eigenvalue weighted by atomic mass is 10.0. The Morgan fingerprint density at radius 1 is 0.614 bits per heavy atom. The zero-order valence-electron chi connectivity index (χ0n) is 36.9. The Kier molecular flexibility index (Phi) is 36.8. The van der Waals surface area contributed by atoms with E-state index in [9.17, 15) is 24.2 Å². The van der Waals surface area contributed by atoms with Crippen LogP contribution in [0.4, 0.5) is 0 Å². The van der Waals surface area contributed by atoms with Crippen LogP contribution in [0.3, 0.4) is 0 Å². The molecule has 0 saturated heterocycles. The molecule has 0 fully saturated rings. The third-order valence-electron chi connectivity index (χ3n) is 9.38. The number of unbranched alkanes of at least 4 members (excludes halogenated alkanes) is 16. The SMILES string of the molecule is CCCCCCCCCCCCCCCCCC(=O)O[C@H](COC(=O)CCC/C=C\C/C=C\C/C=C\C/C=C\CCC[C@@H](C)O)COP(=O)(O)OCC[N+](C)(C)C. The molecule has 3 atom stereocenters. The molecule has 10 nitrogen and oxygen atoms in total. The van der Waals surface area contributed by atoms with Gasteiger partial charge in [-0.25, -0.2) is 4.57 Å². The van der Waals surface area contributed by atoms with E-state index in [1.54, 1.807) is 0 Å². The second-order valence-corrected chi connectivity index (χ2v) is 17.8. The molecule has 57 heavy (non-hydrogen) atoms. The van der Waals surface area contributed by atoms with Gasteiger partial charge in [0.15, 0.2) is 6.10 Å². The number of aliphatic hydroxyl groups is 1. The minimum Gasteiger partial charge on any atom is -0.462 e. The predicted octanol–water partition coefficient (Wildman–Crippen LogP) is 11.7. The Balaban J connectivity index is 4.43. The first-order valence-electron chi connectivity index (χ1n) is 22.4. The van der Waals surface area contributed by atoms with E-state index < -0.39 is 32.5 Å². The highest BCUT2D eigenvalue weighted by Gasteiger charge is 2.27. The van der Waals surface area contributed by atoms with Crippen molar-refractivity contribution in [1.29, 1.82) is 0 Å². The van der Waals surface area contributed by atoms with Crippen molar-refractivity contribution in [3.8, 4) is 0 Å². The summed E-state index contributed by atoms with van der Waals surface area (Å²) < 4.78 is 34.2. The van der Waals surface area contributed by atoms with Gasteiger partial charge >= 0.3 is 19.8 Å². The van der Waals surface area contributed by atoms with E-state index in [4.69, 9.17) is 18.5 Å². The monoisotopic (exact) mass is 827 g/mol. The van der Waals surface area contributed by atoms with Crippen molar-refractivity contribution in [2.45, 2.75) is 187 Å². The lowest BCUT2D eigenvalue weighted by Crippen LogP contribution is -2.37. The molecule has 0 bridgehead atoms. The zero-order valence-corrected chi connectivity index (χ0v) is 37.8. The molecule has 0 aromatic heterocycles. The summed E-state index contributed by atoms with van der Waals surface area (Å²) in [6.45, 7) is 3.90. The molecule has 0 aliphatic carbocycles. The first kappa shape index (κ1) is 54.9. The summed E-state index contributed by atoms with van der Waals surface area (Å²) in [7, 11) is 1.43. The molecule has 1 unspecified atom stereocenters. The van der Waals surface area contributed by atoms with Crippen LogP contribution in [0.1, 0.15) is 174 Å². The number of hydrogen-bond donors (Lipinski definition) is 2. The van der Waals surface area contributed by atoms with Crippen LogP contribution >= 0.6 is 7.82 Å². The molecule has 0 spiro atoms. The molecule has 332 valence electrons. The van der Waals surface area contributed by atoms with Gasteiger partial charge in [-0.2, -0.15) is 0 Å². The number of aliphatic hydroxyl groups excluding tert-OH is 1. The zero-order chi connectivity index (χ0) is 42.3. The molecule has 0 rings (SSSR count). The van der Waals surface area contributed by atoms with Crippen molar-refractivity contribution in [2.24, 2.45) is 0 Å². The molecule has 0 saturated carbocycles. The maximum atomic E-state index is 12.7. The Hall–Kier alpha value is -2.07. The summed E-state index contributed by atoms with van der Waals surface area (Å²) in [6.07, 6.45) is 41.5. The number of carbonyl (C=O) groups is 2. The smallest absolute Gasteiger partial charge is 0.462 e. The molecule has 0 aliphatic heterocycles. The van der Waals surface area contributed by atoms with Crippen LogP contribution < -0.4 is 0 Å². The highest BCUT2D eigenvalue weighted by atomic mass is 31.2. The van der Waals surface area contributed by atoms with Crippen molar-refractivity contribution in [3.05, 3.63) is 48.6 Å². The minimum atomic E-state index is -4.39. The van der Waals surface area contributed by atoms with Crippen LogP contribution in [0.5, 0.6) is 0 Å². The van der Waals surface area contributed by atoms with E-state index in [1.165, 1.54) is 70.6 Å². The van der Waals surface area contributed by atoms with Crippen LogP contribution in [0.15, 0.2) is 48.6 Å². The number of hydrogen-bond acceptors (Lipinski definition) is 8. The molecule has 0 aromatic carbocycles. The van der Waals surface area contributed by atoms with Crippen LogP contribution in [0.25, 0.3) is 0 Å². The molecular weight excluding hydrogens is 741 g/mol. The van der Waals surface area contributed by atoms with Gasteiger partial charge in [-0.1, -0.05) is 145 Å². The van der Waals surface area contributed by atoms with Gasteiger partial charge < -0.3 is 24.0 Å². The number of allylic oxidation sites excluding steroid dienone is 8. The van der Waals surface area contributed by atoms with E-state index in [1.807, 2.05) is 34.1 Å². The lowest BCUT2D eigenvalue weighted by molar-refractivity contribution is -0.870. The Bertz CT molecular complexity index is 1130. The predicted molar refractivity (Wildman–Crippen MR) is 235 cm³/mol. The topological polar surface area (TPSA) is 129 Å². The number of quaternary nitrogens is 1. The highest BCUT2D eigenvalue weighted by Crippen LogP contribution is 2.43. The van der Waals surface area contributed by atoms with Gasteiger partial charge in [0.1, 0.15) is 19.8 Å². The molecule has 0 radical (unpaired) electrons. The Labute approximate surface area is 348 Å². The second-order valence-electron chi connectivity index (χ2n) is 16.4. The molecule has 0 heterocycles. The summed E-state index contributed by atoms with van der Waals surface area (Å²) >= 11 is 0. The van der Waals surface area contributed by atoms with E-state index in [2.05, 4.69) is 49.5 Å². The van der Waals surface area contributed by atoms with E-state index in [0.29, 0.717) is 23.9 Å². The molecule has 0 aromatic rings. The normalized spacial score (nSPS) is 14.6. The Morgan fingerprint density at radius 2 is 1.07 bits per heavy atom. The van der Waals surface area contributed by atoms with Gasteiger partial charge in [0.25, 0.3) is 0 Å². The lowest BCUT2D eigenvalue weighted by Gasteiger charge is -2.24. The molecular formula is C46H85NO9P+. The molecule has 0 amide bonds. The average molecular weight is 827 g/mol. The fraction of sp³-hybridized carbons (Fsp3) is 0.783. The van der Waals surface area contributed by atoms with Crippen LogP contribution in [-0.2, 0) is 32.7 Å². The summed E-state index contributed by atoms with van der Waals surface area (Å²) in [5, 5.41) is 9.27. The fourth-order valence-corrected chi connectivity index (χ4v) is 6.59. The van der Waals surface area contributed by atoms with E-state index in [0.717, 1.165) is 64.2 Å². The van der Waals surface area contributed by atoms with Gasteiger partial charge in [0, 0.05) is 12.8 Å². The first-order valence-corrected chi connectivity index (χ1v) is 23.9. The van der Waals surface area contributed by atoms with Crippen molar-refractivity contribution >= 4 is 19.8 Å². The standard InChI is InChI=1S/C46H84NO9P/c1-6-7-8-9-10-11-12-13-15-20-23-26-29-32-35-38-46(50)56-44(42-55-57(51,52)54-40-39-47(3,4)5)41-53-45(49)37-34-31-28-25-22-19-17-14-16-18-21-24-27-30-33-36-43(2)48/h16-19,24-25,27-28,43-44,48H,6-15,20-23,26,29-42H2,1-5H3/p+1/b18-16-,19-17-,27-24-,28-25-/t43-,44-/m1/s1. The van der Waals surface area contributed by atoms with Gasteiger partial charge in [-0.05, 0) is 64.7 Å². The third kappa shape index (κ3) is 43.3. The largest absolute Gasteiger partial charge is 0.472 e. The second kappa shape index (κ2) is 38.2. The maximum Gasteiger partial charge on any atom is 0.472 e. The number of esters is 2. The number of nitrogens with zero attached hydrogens (tertiary/aromatic N) is 1. The van der Waals surface area contributed by atoms with Crippen LogP contribution in [-0.4, -0.2) is 86.1 Å². The van der Waals surface area contributed by atoms with E-state index in [-0.39, 0.29) is 32.2 Å². The number of carbonyl (C=O) groups excluding carboxylic acids is 2. The number of phosphoric acid groups is 1. The maximum absolute atomic E-state index is 12.7. The number of likely N-dealkylation sites (N-methyl/N-ethyl adjacent to an activating group) is 1. The van der Waals surface area contributed by atoms with Gasteiger partial charge in [0.2, 0.25) is 0 Å². The van der Waals surface area contributed by atoms with Crippen molar-refractivity contribution in [1.82, 2.24) is 0 Å². The quantitative estimate of drug-likeness (QED) is 0.0204. The third-order valence-corrected chi connectivity index (χ3v) is 10.4. The van der Waals surface area contributed by atoms with E-state index >= 15 is 0 Å². The van der Waals surface area contributed by atoms with Crippen molar-refractivity contribution < 1.29 is 47.2 Å². The summed E-state index contributed by atoms with van der Waals surface area (Å²) in [5.74, 6) is -0.879. The summed E-state index contributed by atoms with van der Waals surface area (Å²) in [4.78, 5) is 35.3. The van der Waals surface area contributed by atoms with Gasteiger partial charge in [-0.3, -0.25) is 18.6 Å². The van der Waals surface area contributed by atoms with Gasteiger partial charge in [-0.15, -0.1) is 0 Å². The molecule has 0 aliphatic rings. The number of ether oxygens (including phenoxy) is 2. The number of rotatable bonds is 40. The first-order chi connectivity index (χ1) is 27.3. The molecule has 11 heteroatoms. The summed E-state index contributed by atoms with van der Waals surface area (Å²) in [6, 6.07) is 0. The highest BCUT2D eigenvalue weighted by molar-refractivity contribution is 7.47. The van der Waals surface area contributed by atoms with Crippen LogP contribution in [0, 0.1) is 0 Å². The fourth-order valence-electron chi connectivity index (χ4n) is 5.85. The van der Waals surface area contributed by atoms with Crippen molar-refractivity contribution in [3.63, 3.8) is 0 Å². The average Bonchev–Trinajstić information content (AvgIpc) is 3.14. The summed E-state index contributed by atoms with van der Waals surface area (Å²) in [5.41, 5.74) is 0.